The zero-order chi connectivity index (χ0) is 13.0. The number of nitrogens with one attached hydrogen (secondary N) is 1. The van der Waals surface area contributed by atoms with Crippen molar-refractivity contribution in [2.45, 2.75) is 26.7 Å². The average molecular weight is 251 g/mol. The van der Waals surface area contributed by atoms with Crippen molar-refractivity contribution in [2.75, 3.05) is 26.2 Å². The molecule has 100 valence electrons. The molecule has 2 heterocycles. The van der Waals surface area contributed by atoms with E-state index in [-0.39, 0.29) is 5.91 Å². The Morgan fingerprint density at radius 1 is 1.56 bits per heavy atom. The number of piperidine rings is 1. The van der Waals surface area contributed by atoms with E-state index in [1.807, 2.05) is 11.8 Å². The van der Waals surface area contributed by atoms with E-state index in [1.165, 1.54) is 0 Å². The Morgan fingerprint density at radius 3 is 2.83 bits per heavy atom. The lowest BCUT2D eigenvalue weighted by Gasteiger charge is -2.28. The predicted octanol–water partition coefficient (Wildman–Crippen LogP) is 1.44. The minimum absolute atomic E-state index is 0.0205. The molecule has 0 atom stereocenters. The number of hydrogen-bond acceptors (Lipinski definition) is 4. The number of carbonyl (C=O) groups excluding carboxylic acids is 1. The number of carbonyl (C=O) groups is 1. The van der Waals surface area contributed by atoms with Gasteiger partial charge in [-0.15, -0.1) is 0 Å². The third-order valence-electron chi connectivity index (χ3n) is 3.45. The van der Waals surface area contributed by atoms with E-state index in [0.717, 1.165) is 32.5 Å². The van der Waals surface area contributed by atoms with Crippen LogP contribution in [0.25, 0.3) is 0 Å². The molecule has 0 aromatic carbocycles. The molecule has 0 spiro atoms. The molecule has 5 heteroatoms. The molecule has 1 aromatic rings. The van der Waals surface area contributed by atoms with Gasteiger partial charge in [0.05, 0.1) is 0 Å². The second-order valence-electron chi connectivity index (χ2n) is 4.86. The van der Waals surface area contributed by atoms with Gasteiger partial charge in [0.2, 0.25) is 0 Å². The summed E-state index contributed by atoms with van der Waals surface area (Å²) in [4.78, 5) is 14.1. The summed E-state index contributed by atoms with van der Waals surface area (Å²) in [5, 5.41) is 7.14. The standard InChI is InChI=1S/C13H21N3O2/c1-3-16(9-11-4-6-14-7-5-11)13(17)12-8-10(2)18-15-12/h8,11,14H,3-7,9H2,1-2H3. The van der Waals surface area contributed by atoms with Gasteiger partial charge in [0.15, 0.2) is 5.69 Å². The lowest BCUT2D eigenvalue weighted by Crippen LogP contribution is -2.39. The Bertz CT molecular complexity index is 397. The van der Waals surface area contributed by atoms with Crippen molar-refractivity contribution in [3.63, 3.8) is 0 Å². The molecule has 0 unspecified atom stereocenters. The monoisotopic (exact) mass is 251 g/mol. The summed E-state index contributed by atoms with van der Waals surface area (Å²) < 4.78 is 4.96. The predicted molar refractivity (Wildman–Crippen MR) is 68.4 cm³/mol. The number of nitrogens with zero attached hydrogens (tertiary/aromatic N) is 2. The summed E-state index contributed by atoms with van der Waals surface area (Å²) in [5.74, 6) is 1.26. The van der Waals surface area contributed by atoms with E-state index in [9.17, 15) is 4.79 Å². The molecule has 5 nitrogen and oxygen atoms in total. The molecule has 0 radical (unpaired) electrons. The van der Waals surface area contributed by atoms with Crippen LogP contribution in [0.15, 0.2) is 10.6 Å². The van der Waals surface area contributed by atoms with Crippen LogP contribution in [0.3, 0.4) is 0 Å². The van der Waals surface area contributed by atoms with E-state index in [0.29, 0.717) is 23.9 Å². The van der Waals surface area contributed by atoms with E-state index < -0.39 is 0 Å². The Labute approximate surface area is 108 Å². The van der Waals surface area contributed by atoms with Gasteiger partial charge in [-0.2, -0.15) is 0 Å². The zero-order valence-corrected chi connectivity index (χ0v) is 11.1. The molecule has 0 bridgehead atoms. The first-order chi connectivity index (χ1) is 8.70. The van der Waals surface area contributed by atoms with Crippen molar-refractivity contribution >= 4 is 5.91 Å². The Morgan fingerprint density at radius 2 is 2.28 bits per heavy atom. The highest BCUT2D eigenvalue weighted by molar-refractivity contribution is 5.92. The fraction of sp³-hybridized carbons (Fsp3) is 0.692. The van der Waals surface area contributed by atoms with Crippen molar-refractivity contribution in [2.24, 2.45) is 5.92 Å². The quantitative estimate of drug-likeness (QED) is 0.880. The molecule has 1 N–H and O–H groups in total. The van der Waals surface area contributed by atoms with Crippen LogP contribution < -0.4 is 5.32 Å². The van der Waals surface area contributed by atoms with Crippen molar-refractivity contribution in [3.05, 3.63) is 17.5 Å². The van der Waals surface area contributed by atoms with Gasteiger partial charge in [-0.05, 0) is 45.7 Å². The SMILES string of the molecule is CCN(CC1CCNCC1)C(=O)c1cc(C)on1. The van der Waals surface area contributed by atoms with E-state index in [4.69, 9.17) is 4.52 Å². The van der Waals surface area contributed by atoms with E-state index in [1.54, 1.807) is 13.0 Å². The molecule has 2 rings (SSSR count). The first kappa shape index (κ1) is 13.1. The van der Waals surface area contributed by atoms with Crippen molar-refractivity contribution in [1.29, 1.82) is 0 Å². The molecule has 1 aliphatic rings. The molecule has 0 saturated carbocycles. The van der Waals surface area contributed by atoms with Gasteiger partial charge in [0.25, 0.3) is 5.91 Å². The van der Waals surface area contributed by atoms with Crippen molar-refractivity contribution in [1.82, 2.24) is 15.4 Å². The Hall–Kier alpha value is -1.36. The fourth-order valence-electron chi connectivity index (χ4n) is 2.36. The van der Waals surface area contributed by atoms with Crippen LogP contribution in [-0.2, 0) is 0 Å². The maximum atomic E-state index is 12.3. The summed E-state index contributed by atoms with van der Waals surface area (Å²) in [6.07, 6.45) is 2.28. The number of aromatic nitrogens is 1. The second kappa shape index (κ2) is 6.00. The normalized spacial score (nSPS) is 16.8. The fourth-order valence-corrected chi connectivity index (χ4v) is 2.36. The van der Waals surface area contributed by atoms with Crippen LogP contribution in [0.1, 0.15) is 36.0 Å². The van der Waals surface area contributed by atoms with Gasteiger partial charge in [-0.1, -0.05) is 5.16 Å². The van der Waals surface area contributed by atoms with Gasteiger partial charge in [-0.25, -0.2) is 0 Å². The summed E-state index contributed by atoms with van der Waals surface area (Å²) >= 11 is 0. The summed E-state index contributed by atoms with van der Waals surface area (Å²) in [5.41, 5.74) is 0.420. The number of hydrogen-bond donors (Lipinski definition) is 1. The molecule has 1 aromatic heterocycles. The van der Waals surface area contributed by atoms with Gasteiger partial charge in [0, 0.05) is 19.2 Å². The Kier molecular flexibility index (Phi) is 4.36. The molecule has 0 aliphatic carbocycles. The molecular weight excluding hydrogens is 230 g/mol. The number of aryl methyl sites for hydroxylation is 1. The number of amides is 1. The van der Waals surface area contributed by atoms with Crippen LogP contribution in [0, 0.1) is 12.8 Å². The lowest BCUT2D eigenvalue weighted by atomic mass is 9.97. The third kappa shape index (κ3) is 3.10. The molecule has 1 aliphatic heterocycles. The van der Waals surface area contributed by atoms with E-state index in [2.05, 4.69) is 10.5 Å². The highest BCUT2D eigenvalue weighted by Crippen LogP contribution is 2.15. The van der Waals surface area contributed by atoms with Crippen LogP contribution >= 0.6 is 0 Å². The molecular formula is C13H21N3O2. The summed E-state index contributed by atoms with van der Waals surface area (Å²) in [6.45, 7) is 7.45. The minimum Gasteiger partial charge on any atom is -0.361 e. The van der Waals surface area contributed by atoms with Gasteiger partial charge < -0.3 is 14.7 Å². The van der Waals surface area contributed by atoms with Crippen LogP contribution in [0.2, 0.25) is 0 Å². The van der Waals surface area contributed by atoms with Gasteiger partial charge in [-0.3, -0.25) is 4.79 Å². The molecule has 1 fully saturated rings. The van der Waals surface area contributed by atoms with Crippen LogP contribution in [0.5, 0.6) is 0 Å². The molecule has 1 saturated heterocycles. The smallest absolute Gasteiger partial charge is 0.276 e. The highest BCUT2D eigenvalue weighted by atomic mass is 16.5. The van der Waals surface area contributed by atoms with Crippen molar-refractivity contribution in [3.8, 4) is 0 Å². The lowest BCUT2D eigenvalue weighted by molar-refractivity contribution is 0.0716. The van der Waals surface area contributed by atoms with Gasteiger partial charge >= 0.3 is 0 Å². The van der Waals surface area contributed by atoms with E-state index >= 15 is 0 Å². The Balaban J connectivity index is 1.97. The van der Waals surface area contributed by atoms with Crippen LogP contribution in [0.4, 0.5) is 0 Å². The number of rotatable bonds is 4. The third-order valence-corrected chi connectivity index (χ3v) is 3.45. The average Bonchev–Trinajstić information content (AvgIpc) is 2.83. The maximum Gasteiger partial charge on any atom is 0.276 e. The van der Waals surface area contributed by atoms with Crippen LogP contribution in [-0.4, -0.2) is 42.1 Å². The van der Waals surface area contributed by atoms with Crippen molar-refractivity contribution < 1.29 is 9.32 Å². The second-order valence-corrected chi connectivity index (χ2v) is 4.86. The summed E-state index contributed by atoms with van der Waals surface area (Å²) in [7, 11) is 0. The topological polar surface area (TPSA) is 58.4 Å². The maximum absolute atomic E-state index is 12.3. The van der Waals surface area contributed by atoms with Gasteiger partial charge in [0.1, 0.15) is 5.76 Å². The first-order valence-corrected chi connectivity index (χ1v) is 6.64. The zero-order valence-electron chi connectivity index (χ0n) is 11.1. The highest BCUT2D eigenvalue weighted by Gasteiger charge is 2.22. The minimum atomic E-state index is -0.0205. The summed E-state index contributed by atoms with van der Waals surface area (Å²) in [6, 6.07) is 1.70. The molecule has 18 heavy (non-hydrogen) atoms. The molecule has 1 amide bonds. The largest absolute Gasteiger partial charge is 0.361 e. The first-order valence-electron chi connectivity index (χ1n) is 6.64.